The lowest BCUT2D eigenvalue weighted by Crippen LogP contribution is -2.12. The molecular weight excluding hydrogens is 316 g/mol. The lowest BCUT2D eigenvalue weighted by atomic mass is 10.1. The van der Waals surface area contributed by atoms with Crippen LogP contribution in [0.5, 0.6) is 0 Å². The largest absolute Gasteiger partial charge is 0.379 e. The summed E-state index contributed by atoms with van der Waals surface area (Å²) in [7, 11) is 0. The molecule has 0 bridgehead atoms. The average Bonchev–Trinajstić information content (AvgIpc) is 2.63. The summed E-state index contributed by atoms with van der Waals surface area (Å²) in [6, 6.07) is 0. The Hall–Kier alpha value is -0.160. The Kier molecular flexibility index (Phi) is 23.7. The zero-order chi connectivity index (χ0) is 18.3. The molecule has 0 radical (unpaired) electrons. The maximum atomic E-state index is 5.59. The highest BCUT2D eigenvalue weighted by atomic mass is 16.6. The summed E-state index contributed by atoms with van der Waals surface area (Å²) in [6.45, 7) is 9.80. The van der Waals surface area contributed by atoms with Gasteiger partial charge in [0.05, 0.1) is 39.6 Å². The standard InChI is InChI=1S/C21H44O4/c1-3-5-6-7-8-9-10-11-12-13-14-15-23-18-19-25-21-20-24-17-16-22-4-2/h3-21H2,1-2H3. The molecule has 0 saturated carbocycles. The van der Waals surface area contributed by atoms with Crippen molar-refractivity contribution in [3.8, 4) is 0 Å². The molecule has 0 aliphatic rings. The Bertz CT molecular complexity index is 202. The SMILES string of the molecule is CCCCCCCCCCCCCOCCOCCOCCOCC. The van der Waals surface area contributed by atoms with Crippen LogP contribution in [0.25, 0.3) is 0 Å². The second-order valence-electron chi connectivity index (χ2n) is 6.57. The molecule has 0 atom stereocenters. The lowest BCUT2D eigenvalue weighted by molar-refractivity contribution is -0.000841. The highest BCUT2D eigenvalue weighted by Gasteiger charge is 1.94. The zero-order valence-corrected chi connectivity index (χ0v) is 17.1. The van der Waals surface area contributed by atoms with Gasteiger partial charge in [0.25, 0.3) is 0 Å². The first-order valence-electron chi connectivity index (χ1n) is 10.7. The van der Waals surface area contributed by atoms with Crippen LogP contribution in [0.4, 0.5) is 0 Å². The fourth-order valence-electron chi connectivity index (χ4n) is 2.67. The summed E-state index contributed by atoms with van der Waals surface area (Å²) in [4.78, 5) is 0. The highest BCUT2D eigenvalue weighted by molar-refractivity contribution is 4.48. The molecule has 0 unspecified atom stereocenters. The third-order valence-corrected chi connectivity index (χ3v) is 4.21. The van der Waals surface area contributed by atoms with Crippen molar-refractivity contribution in [1.82, 2.24) is 0 Å². The van der Waals surface area contributed by atoms with E-state index in [-0.39, 0.29) is 0 Å². The molecule has 0 saturated heterocycles. The van der Waals surface area contributed by atoms with Crippen molar-refractivity contribution in [2.45, 2.75) is 84.5 Å². The summed E-state index contributed by atoms with van der Waals surface area (Å²) in [5.74, 6) is 0. The van der Waals surface area contributed by atoms with Crippen LogP contribution in [-0.2, 0) is 18.9 Å². The van der Waals surface area contributed by atoms with E-state index in [4.69, 9.17) is 18.9 Å². The van der Waals surface area contributed by atoms with Gasteiger partial charge in [-0.1, -0.05) is 71.1 Å². The Morgan fingerprint density at radius 1 is 0.360 bits per heavy atom. The maximum Gasteiger partial charge on any atom is 0.0701 e. The van der Waals surface area contributed by atoms with E-state index in [9.17, 15) is 0 Å². The zero-order valence-electron chi connectivity index (χ0n) is 17.1. The fourth-order valence-corrected chi connectivity index (χ4v) is 2.67. The second kappa shape index (κ2) is 23.8. The van der Waals surface area contributed by atoms with Gasteiger partial charge in [0, 0.05) is 13.2 Å². The fraction of sp³-hybridized carbons (Fsp3) is 1.00. The third kappa shape index (κ3) is 23.8. The van der Waals surface area contributed by atoms with Gasteiger partial charge in [0.2, 0.25) is 0 Å². The van der Waals surface area contributed by atoms with Crippen LogP contribution >= 0.6 is 0 Å². The Labute approximate surface area is 156 Å². The molecule has 0 rings (SSSR count). The first kappa shape index (κ1) is 24.8. The summed E-state index contributed by atoms with van der Waals surface area (Å²) in [5, 5.41) is 0. The maximum absolute atomic E-state index is 5.59. The van der Waals surface area contributed by atoms with Crippen molar-refractivity contribution < 1.29 is 18.9 Å². The molecule has 0 amide bonds. The van der Waals surface area contributed by atoms with Crippen LogP contribution in [-0.4, -0.2) is 52.9 Å². The topological polar surface area (TPSA) is 36.9 Å². The van der Waals surface area contributed by atoms with Crippen LogP contribution in [0.15, 0.2) is 0 Å². The summed E-state index contributed by atoms with van der Waals surface area (Å²) in [5.41, 5.74) is 0. The molecule has 0 fully saturated rings. The van der Waals surface area contributed by atoms with Gasteiger partial charge in [-0.25, -0.2) is 0 Å². The van der Waals surface area contributed by atoms with Crippen molar-refractivity contribution in [2.75, 3.05) is 52.9 Å². The molecule has 0 aromatic carbocycles. The van der Waals surface area contributed by atoms with Crippen molar-refractivity contribution in [3.05, 3.63) is 0 Å². The molecule has 0 aliphatic heterocycles. The molecule has 0 aliphatic carbocycles. The van der Waals surface area contributed by atoms with Crippen LogP contribution < -0.4 is 0 Å². The normalized spacial score (nSPS) is 11.3. The van der Waals surface area contributed by atoms with E-state index in [2.05, 4.69) is 6.92 Å². The monoisotopic (exact) mass is 360 g/mol. The molecule has 0 spiro atoms. The van der Waals surface area contributed by atoms with E-state index >= 15 is 0 Å². The number of unbranched alkanes of at least 4 members (excludes halogenated alkanes) is 10. The van der Waals surface area contributed by atoms with Crippen LogP contribution in [0, 0.1) is 0 Å². The van der Waals surface area contributed by atoms with Gasteiger partial charge >= 0.3 is 0 Å². The van der Waals surface area contributed by atoms with E-state index in [1.807, 2.05) is 6.92 Å². The van der Waals surface area contributed by atoms with Crippen molar-refractivity contribution in [1.29, 1.82) is 0 Å². The van der Waals surface area contributed by atoms with Crippen LogP contribution in [0.3, 0.4) is 0 Å². The predicted molar refractivity (Wildman–Crippen MR) is 105 cm³/mol. The number of ether oxygens (including phenoxy) is 4. The lowest BCUT2D eigenvalue weighted by Gasteiger charge is -2.07. The molecule has 0 aromatic heterocycles. The van der Waals surface area contributed by atoms with Gasteiger partial charge in [0.15, 0.2) is 0 Å². The van der Waals surface area contributed by atoms with Gasteiger partial charge in [-0.2, -0.15) is 0 Å². The minimum atomic E-state index is 0.631. The van der Waals surface area contributed by atoms with Crippen LogP contribution in [0.2, 0.25) is 0 Å². The minimum absolute atomic E-state index is 0.631. The Balaban J connectivity index is 2.94. The number of rotatable bonds is 22. The van der Waals surface area contributed by atoms with Gasteiger partial charge < -0.3 is 18.9 Å². The number of hydrogen-bond donors (Lipinski definition) is 0. The molecule has 0 heterocycles. The third-order valence-electron chi connectivity index (χ3n) is 4.21. The average molecular weight is 361 g/mol. The summed E-state index contributed by atoms with van der Waals surface area (Å²) in [6.07, 6.45) is 15.1. The smallest absolute Gasteiger partial charge is 0.0701 e. The van der Waals surface area contributed by atoms with Gasteiger partial charge in [-0.15, -0.1) is 0 Å². The summed E-state index contributed by atoms with van der Waals surface area (Å²) < 4.78 is 21.6. The molecule has 152 valence electrons. The second-order valence-corrected chi connectivity index (χ2v) is 6.57. The molecule has 25 heavy (non-hydrogen) atoms. The van der Waals surface area contributed by atoms with E-state index in [0.717, 1.165) is 13.2 Å². The van der Waals surface area contributed by atoms with Crippen molar-refractivity contribution in [3.63, 3.8) is 0 Å². The predicted octanol–water partition coefficient (Wildman–Crippen LogP) is 5.38. The minimum Gasteiger partial charge on any atom is -0.379 e. The first-order chi connectivity index (χ1) is 12.4. The van der Waals surface area contributed by atoms with Crippen molar-refractivity contribution in [2.24, 2.45) is 0 Å². The Morgan fingerprint density at radius 3 is 1.16 bits per heavy atom. The molecule has 0 aromatic rings. The van der Waals surface area contributed by atoms with E-state index < -0.39 is 0 Å². The summed E-state index contributed by atoms with van der Waals surface area (Å²) >= 11 is 0. The molecule has 4 heteroatoms. The number of hydrogen-bond acceptors (Lipinski definition) is 4. The van der Waals surface area contributed by atoms with Gasteiger partial charge in [0.1, 0.15) is 0 Å². The van der Waals surface area contributed by atoms with Crippen LogP contribution in [0.1, 0.15) is 84.5 Å². The van der Waals surface area contributed by atoms with Gasteiger partial charge in [-0.3, -0.25) is 0 Å². The quantitative estimate of drug-likeness (QED) is 0.243. The molecular formula is C21H44O4. The van der Waals surface area contributed by atoms with E-state index in [0.29, 0.717) is 39.6 Å². The van der Waals surface area contributed by atoms with E-state index in [1.165, 1.54) is 70.6 Å². The highest BCUT2D eigenvalue weighted by Crippen LogP contribution is 2.11. The first-order valence-corrected chi connectivity index (χ1v) is 10.7. The molecule has 4 nitrogen and oxygen atoms in total. The van der Waals surface area contributed by atoms with Crippen molar-refractivity contribution >= 4 is 0 Å². The van der Waals surface area contributed by atoms with Gasteiger partial charge in [-0.05, 0) is 13.3 Å². The Morgan fingerprint density at radius 2 is 0.720 bits per heavy atom. The molecule has 0 N–H and O–H groups in total. The van der Waals surface area contributed by atoms with E-state index in [1.54, 1.807) is 0 Å².